The molecule has 0 aliphatic carbocycles. The van der Waals surface area contributed by atoms with Crippen molar-refractivity contribution in [1.29, 1.82) is 0 Å². The lowest BCUT2D eigenvalue weighted by Crippen LogP contribution is -2.46. The molecule has 1 aromatic carbocycles. The zero-order valence-electron chi connectivity index (χ0n) is 17.6. The second-order valence-corrected chi connectivity index (χ2v) is 8.54. The Labute approximate surface area is 181 Å². The maximum Gasteiger partial charge on any atom is 0.314 e. The first-order valence-corrected chi connectivity index (χ1v) is 11.3. The van der Waals surface area contributed by atoms with Crippen molar-refractivity contribution in [3.63, 3.8) is 0 Å². The number of carbonyl (C=O) groups excluding carboxylic acids is 2. The summed E-state index contributed by atoms with van der Waals surface area (Å²) in [6, 6.07) is 9.34. The number of aryl methyl sites for hydroxylation is 2. The van der Waals surface area contributed by atoms with Gasteiger partial charge in [0, 0.05) is 37.5 Å². The van der Waals surface area contributed by atoms with Crippen LogP contribution in [0.25, 0.3) is 0 Å². The van der Waals surface area contributed by atoms with Gasteiger partial charge in [0.15, 0.2) is 0 Å². The van der Waals surface area contributed by atoms with Crippen LogP contribution in [0.1, 0.15) is 34.0 Å². The summed E-state index contributed by atoms with van der Waals surface area (Å²) in [4.78, 5) is 33.0. The zero-order valence-corrected chi connectivity index (χ0v) is 18.5. The van der Waals surface area contributed by atoms with Crippen molar-refractivity contribution in [3.05, 3.63) is 51.5 Å². The van der Waals surface area contributed by atoms with Crippen molar-refractivity contribution in [3.8, 4) is 0 Å². The maximum absolute atomic E-state index is 13.1. The van der Waals surface area contributed by atoms with Crippen molar-refractivity contribution >= 4 is 23.3 Å². The maximum atomic E-state index is 13.1. The molecular formula is C22H30N4O3S. The summed E-state index contributed by atoms with van der Waals surface area (Å²) in [5, 5.41) is 6.78. The Balaban J connectivity index is 1.52. The fourth-order valence-corrected chi connectivity index (χ4v) is 4.52. The van der Waals surface area contributed by atoms with E-state index >= 15 is 0 Å². The summed E-state index contributed by atoms with van der Waals surface area (Å²) in [5.74, 6) is -0.390. The number of nitrogens with zero attached hydrogens (tertiary/aromatic N) is 2. The van der Waals surface area contributed by atoms with E-state index in [4.69, 9.17) is 4.74 Å². The van der Waals surface area contributed by atoms with Gasteiger partial charge < -0.3 is 20.3 Å². The van der Waals surface area contributed by atoms with Gasteiger partial charge in [-0.2, -0.15) is 0 Å². The molecule has 1 fully saturated rings. The number of carbonyl (C=O) groups is 2. The second-order valence-electron chi connectivity index (χ2n) is 7.25. The smallest absolute Gasteiger partial charge is 0.314 e. The van der Waals surface area contributed by atoms with E-state index < -0.39 is 5.92 Å². The molecule has 1 atom stereocenters. The van der Waals surface area contributed by atoms with Crippen molar-refractivity contribution in [2.45, 2.75) is 32.6 Å². The van der Waals surface area contributed by atoms with Gasteiger partial charge in [0.2, 0.25) is 5.91 Å². The van der Waals surface area contributed by atoms with Gasteiger partial charge in [-0.25, -0.2) is 9.78 Å². The molecule has 0 radical (unpaired) electrons. The minimum Gasteiger partial charge on any atom is -0.378 e. The van der Waals surface area contributed by atoms with Gasteiger partial charge in [-0.15, -0.1) is 11.3 Å². The van der Waals surface area contributed by atoms with Crippen molar-refractivity contribution < 1.29 is 14.3 Å². The SMILES string of the molecule is CCc1nc(CCNC(=O)NCC(C(=O)N2CCOCC2)c2ccccc2)sc1C. The van der Waals surface area contributed by atoms with Gasteiger partial charge in [-0.05, 0) is 18.9 Å². The molecule has 1 saturated heterocycles. The molecule has 1 aliphatic heterocycles. The third kappa shape index (κ3) is 6.03. The van der Waals surface area contributed by atoms with Crippen LogP contribution >= 0.6 is 11.3 Å². The highest BCUT2D eigenvalue weighted by Gasteiger charge is 2.27. The van der Waals surface area contributed by atoms with Crippen LogP contribution in [-0.2, 0) is 22.4 Å². The summed E-state index contributed by atoms with van der Waals surface area (Å²) >= 11 is 1.68. The summed E-state index contributed by atoms with van der Waals surface area (Å²) < 4.78 is 5.35. The number of aromatic nitrogens is 1. The van der Waals surface area contributed by atoms with E-state index in [1.54, 1.807) is 11.3 Å². The Kier molecular flexibility index (Phi) is 8.21. The number of morpholine rings is 1. The van der Waals surface area contributed by atoms with Crippen LogP contribution in [0.15, 0.2) is 30.3 Å². The van der Waals surface area contributed by atoms with E-state index in [9.17, 15) is 9.59 Å². The van der Waals surface area contributed by atoms with E-state index in [-0.39, 0.29) is 18.5 Å². The van der Waals surface area contributed by atoms with Crippen molar-refractivity contribution in [1.82, 2.24) is 20.5 Å². The van der Waals surface area contributed by atoms with Crippen LogP contribution in [0.3, 0.4) is 0 Å². The fourth-order valence-electron chi connectivity index (χ4n) is 3.50. The van der Waals surface area contributed by atoms with Gasteiger partial charge >= 0.3 is 6.03 Å². The first-order chi connectivity index (χ1) is 14.6. The van der Waals surface area contributed by atoms with Crippen molar-refractivity contribution in [2.75, 3.05) is 39.4 Å². The number of thiazole rings is 1. The monoisotopic (exact) mass is 430 g/mol. The minimum absolute atomic E-state index is 0.0233. The van der Waals surface area contributed by atoms with Gasteiger partial charge in [0.05, 0.1) is 29.8 Å². The molecule has 2 aromatic rings. The third-order valence-electron chi connectivity index (χ3n) is 5.19. The number of benzene rings is 1. The predicted octanol–water partition coefficient (Wildman–Crippen LogP) is 2.50. The quantitative estimate of drug-likeness (QED) is 0.674. The topological polar surface area (TPSA) is 83.6 Å². The summed E-state index contributed by atoms with van der Waals surface area (Å²) in [6.07, 6.45) is 1.63. The first-order valence-electron chi connectivity index (χ1n) is 10.5. The van der Waals surface area contributed by atoms with Crippen LogP contribution in [0, 0.1) is 6.92 Å². The summed E-state index contributed by atoms with van der Waals surface area (Å²) in [6.45, 7) is 7.21. The molecule has 162 valence electrons. The van der Waals surface area contributed by atoms with Gasteiger partial charge in [0.1, 0.15) is 0 Å². The average molecular weight is 431 g/mol. The molecular weight excluding hydrogens is 400 g/mol. The number of nitrogens with one attached hydrogen (secondary N) is 2. The zero-order chi connectivity index (χ0) is 21.3. The van der Waals surface area contributed by atoms with E-state index in [0.717, 1.165) is 22.7 Å². The molecule has 0 bridgehead atoms. The molecule has 1 unspecified atom stereocenters. The van der Waals surface area contributed by atoms with Crippen LogP contribution in [0.2, 0.25) is 0 Å². The Bertz CT molecular complexity index is 834. The lowest BCUT2D eigenvalue weighted by Gasteiger charge is -2.30. The molecule has 1 aromatic heterocycles. The molecule has 3 rings (SSSR count). The molecule has 1 aliphatic rings. The molecule has 2 heterocycles. The second kappa shape index (κ2) is 11.1. The number of hydrogen-bond acceptors (Lipinski definition) is 5. The van der Waals surface area contributed by atoms with E-state index in [0.29, 0.717) is 39.3 Å². The van der Waals surface area contributed by atoms with Crippen LogP contribution in [0.4, 0.5) is 4.79 Å². The summed E-state index contributed by atoms with van der Waals surface area (Å²) in [5.41, 5.74) is 2.03. The Hall–Kier alpha value is -2.45. The van der Waals surface area contributed by atoms with Crippen LogP contribution in [-0.4, -0.2) is 61.2 Å². The summed E-state index contributed by atoms with van der Waals surface area (Å²) in [7, 11) is 0. The third-order valence-corrected chi connectivity index (χ3v) is 6.26. The average Bonchev–Trinajstić information content (AvgIpc) is 3.14. The number of rotatable bonds is 8. The Morgan fingerprint density at radius 2 is 1.93 bits per heavy atom. The molecule has 7 nitrogen and oxygen atoms in total. The van der Waals surface area contributed by atoms with Gasteiger partial charge in [-0.3, -0.25) is 4.79 Å². The minimum atomic E-state index is -0.413. The molecule has 0 saturated carbocycles. The predicted molar refractivity (Wildman–Crippen MR) is 118 cm³/mol. The molecule has 2 N–H and O–H groups in total. The first kappa shape index (κ1) is 22.2. The van der Waals surface area contributed by atoms with Gasteiger partial charge in [0.25, 0.3) is 0 Å². The lowest BCUT2D eigenvalue weighted by molar-refractivity contribution is -0.136. The largest absolute Gasteiger partial charge is 0.378 e. The number of ether oxygens (including phenoxy) is 1. The van der Waals surface area contributed by atoms with E-state index in [2.05, 4.69) is 29.5 Å². The van der Waals surface area contributed by atoms with Crippen LogP contribution in [0.5, 0.6) is 0 Å². The standard InChI is InChI=1S/C22H30N4O3S/c1-3-19-16(2)30-20(25-19)9-10-23-22(28)24-15-18(17-7-5-4-6-8-17)21(27)26-11-13-29-14-12-26/h4-8,18H,3,9-15H2,1-2H3,(H2,23,24,28). The van der Waals surface area contributed by atoms with E-state index in [1.807, 2.05) is 35.2 Å². The lowest BCUT2D eigenvalue weighted by atomic mass is 9.97. The molecule has 30 heavy (non-hydrogen) atoms. The Morgan fingerprint density at radius 1 is 1.20 bits per heavy atom. The fraction of sp³-hybridized carbons (Fsp3) is 0.500. The van der Waals surface area contributed by atoms with Crippen LogP contribution < -0.4 is 10.6 Å². The number of amides is 3. The molecule has 0 spiro atoms. The normalized spacial score (nSPS) is 14.9. The molecule has 8 heteroatoms. The molecule has 3 amide bonds. The highest BCUT2D eigenvalue weighted by molar-refractivity contribution is 7.11. The Morgan fingerprint density at radius 3 is 2.60 bits per heavy atom. The van der Waals surface area contributed by atoms with Gasteiger partial charge in [-0.1, -0.05) is 37.3 Å². The highest BCUT2D eigenvalue weighted by Crippen LogP contribution is 2.19. The van der Waals surface area contributed by atoms with E-state index in [1.165, 1.54) is 4.88 Å². The van der Waals surface area contributed by atoms with Crippen molar-refractivity contribution in [2.24, 2.45) is 0 Å². The highest BCUT2D eigenvalue weighted by atomic mass is 32.1. The number of hydrogen-bond donors (Lipinski definition) is 2. The number of urea groups is 1.